The second-order valence-corrected chi connectivity index (χ2v) is 7.78. The van der Waals surface area contributed by atoms with E-state index in [1.165, 1.54) is 12.1 Å². The van der Waals surface area contributed by atoms with Crippen molar-refractivity contribution in [3.05, 3.63) is 90.0 Å². The molecule has 0 saturated heterocycles. The number of hydrogen-bond acceptors (Lipinski definition) is 5. The molecule has 9 heteroatoms. The summed E-state index contributed by atoms with van der Waals surface area (Å²) in [4.78, 5) is 17.6. The molecule has 0 aliphatic rings. The number of carbonyl (C=O) groups is 1. The minimum absolute atomic E-state index is 0.112. The van der Waals surface area contributed by atoms with Crippen molar-refractivity contribution in [2.75, 3.05) is 18.5 Å². The van der Waals surface area contributed by atoms with E-state index in [0.717, 1.165) is 12.1 Å². The number of benzene rings is 3. The van der Waals surface area contributed by atoms with Crippen molar-refractivity contribution in [1.29, 1.82) is 0 Å². The van der Waals surface area contributed by atoms with Crippen LogP contribution in [0.1, 0.15) is 15.9 Å². The number of aromatic nitrogens is 1. The number of aliphatic hydroxyl groups excluding tert-OH is 2. The number of para-hydroxylation sites is 1. The lowest BCUT2D eigenvalue weighted by Gasteiger charge is -2.12. The molecule has 3 aromatic carbocycles. The zero-order chi connectivity index (χ0) is 25.0. The average molecular weight is 482 g/mol. The van der Waals surface area contributed by atoms with Gasteiger partial charge in [0.05, 0.1) is 28.9 Å². The molecule has 0 fully saturated rings. The molecule has 4 rings (SSSR count). The fourth-order valence-electron chi connectivity index (χ4n) is 3.45. The van der Waals surface area contributed by atoms with E-state index in [-0.39, 0.29) is 17.7 Å². The normalized spacial score (nSPS) is 12.4. The van der Waals surface area contributed by atoms with Crippen molar-refractivity contribution in [3.8, 4) is 17.0 Å². The highest BCUT2D eigenvalue weighted by Gasteiger charge is 2.30. The van der Waals surface area contributed by atoms with Crippen LogP contribution in [0.4, 0.5) is 18.9 Å². The van der Waals surface area contributed by atoms with Gasteiger partial charge in [-0.25, -0.2) is 4.98 Å². The van der Waals surface area contributed by atoms with Crippen LogP contribution >= 0.6 is 0 Å². The molecule has 1 heterocycles. The fraction of sp³-hybridized carbons (Fsp3) is 0.154. The minimum Gasteiger partial charge on any atom is -0.491 e. The van der Waals surface area contributed by atoms with E-state index >= 15 is 0 Å². The molecule has 1 atom stereocenters. The van der Waals surface area contributed by atoms with Gasteiger partial charge in [0, 0.05) is 22.7 Å². The van der Waals surface area contributed by atoms with Crippen LogP contribution in [0.25, 0.3) is 22.2 Å². The minimum atomic E-state index is -4.48. The first-order valence-electron chi connectivity index (χ1n) is 10.6. The topological polar surface area (TPSA) is 91.7 Å². The van der Waals surface area contributed by atoms with Gasteiger partial charge in [0.2, 0.25) is 0 Å². The molecule has 35 heavy (non-hydrogen) atoms. The predicted molar refractivity (Wildman–Crippen MR) is 125 cm³/mol. The summed E-state index contributed by atoms with van der Waals surface area (Å²) in [6.45, 7) is -0.549. The number of aliphatic hydroxyl groups is 2. The smallest absolute Gasteiger partial charge is 0.416 e. The van der Waals surface area contributed by atoms with Gasteiger partial charge in [-0.15, -0.1) is 0 Å². The average Bonchev–Trinajstić information content (AvgIpc) is 2.86. The summed E-state index contributed by atoms with van der Waals surface area (Å²) in [7, 11) is 0. The molecule has 0 radical (unpaired) electrons. The molecule has 1 unspecified atom stereocenters. The number of nitrogens with zero attached hydrogens (tertiary/aromatic N) is 1. The van der Waals surface area contributed by atoms with Crippen molar-refractivity contribution >= 4 is 22.5 Å². The number of hydrogen-bond donors (Lipinski definition) is 3. The lowest BCUT2D eigenvalue weighted by atomic mass is 10.0. The first kappa shape index (κ1) is 24.2. The molecule has 180 valence electrons. The quantitative estimate of drug-likeness (QED) is 0.348. The van der Waals surface area contributed by atoms with E-state index in [1.54, 1.807) is 54.6 Å². The number of amides is 1. The SMILES string of the molecule is O=C(Nc1cccc(OCC(O)CO)c1)c1cccc2ccc(-c3cccc(C(F)(F)F)c3)nc12. The number of halogens is 3. The summed E-state index contributed by atoms with van der Waals surface area (Å²) < 4.78 is 44.8. The van der Waals surface area contributed by atoms with Crippen LogP contribution in [-0.2, 0) is 6.18 Å². The molecule has 3 N–H and O–H groups in total. The maximum Gasteiger partial charge on any atom is 0.416 e. The Morgan fingerprint density at radius 2 is 1.77 bits per heavy atom. The second kappa shape index (κ2) is 10.1. The van der Waals surface area contributed by atoms with Crippen molar-refractivity contribution in [2.45, 2.75) is 12.3 Å². The van der Waals surface area contributed by atoms with Crippen molar-refractivity contribution < 1.29 is 32.9 Å². The van der Waals surface area contributed by atoms with Gasteiger partial charge >= 0.3 is 6.18 Å². The summed E-state index contributed by atoms with van der Waals surface area (Å²) in [6, 6.07) is 19.7. The molecule has 0 aliphatic heterocycles. The third-order valence-corrected chi connectivity index (χ3v) is 5.20. The highest BCUT2D eigenvalue weighted by atomic mass is 19.4. The van der Waals surface area contributed by atoms with Gasteiger partial charge in [-0.1, -0.05) is 36.4 Å². The Bertz CT molecular complexity index is 1360. The lowest BCUT2D eigenvalue weighted by Crippen LogP contribution is -2.21. The third-order valence-electron chi connectivity index (χ3n) is 5.20. The van der Waals surface area contributed by atoms with Crippen LogP contribution in [0.3, 0.4) is 0 Å². The zero-order valence-corrected chi connectivity index (χ0v) is 18.3. The van der Waals surface area contributed by atoms with Crippen LogP contribution in [0, 0.1) is 0 Å². The summed E-state index contributed by atoms with van der Waals surface area (Å²) in [5.41, 5.74) is 0.832. The molecule has 0 aliphatic carbocycles. The van der Waals surface area contributed by atoms with E-state index in [9.17, 15) is 23.1 Å². The lowest BCUT2D eigenvalue weighted by molar-refractivity contribution is -0.137. The number of carbonyl (C=O) groups excluding carboxylic acids is 1. The Morgan fingerprint density at radius 1 is 1.00 bits per heavy atom. The number of ether oxygens (including phenoxy) is 1. The van der Waals surface area contributed by atoms with Gasteiger partial charge in [0.1, 0.15) is 18.5 Å². The third kappa shape index (κ3) is 5.76. The first-order chi connectivity index (χ1) is 16.7. The Kier molecular flexibility index (Phi) is 6.99. The summed E-state index contributed by atoms with van der Waals surface area (Å²) in [5, 5.41) is 21.7. The van der Waals surface area contributed by atoms with E-state index in [2.05, 4.69) is 10.3 Å². The van der Waals surface area contributed by atoms with E-state index in [1.807, 2.05) is 0 Å². The van der Waals surface area contributed by atoms with Gasteiger partial charge in [0.15, 0.2) is 0 Å². The predicted octanol–water partition coefficient (Wildman–Crippen LogP) is 4.90. The Balaban J connectivity index is 1.62. The highest BCUT2D eigenvalue weighted by molar-refractivity contribution is 6.12. The van der Waals surface area contributed by atoms with Gasteiger partial charge in [0.25, 0.3) is 5.91 Å². The van der Waals surface area contributed by atoms with Crippen molar-refractivity contribution in [2.24, 2.45) is 0 Å². The Labute approximate surface area is 198 Å². The number of alkyl halides is 3. The molecular weight excluding hydrogens is 461 g/mol. The number of fused-ring (bicyclic) bond motifs is 1. The number of nitrogens with one attached hydrogen (secondary N) is 1. The second-order valence-electron chi connectivity index (χ2n) is 7.78. The molecule has 0 bridgehead atoms. The number of pyridine rings is 1. The van der Waals surface area contributed by atoms with Gasteiger partial charge < -0.3 is 20.3 Å². The molecular formula is C26H21F3N2O4. The van der Waals surface area contributed by atoms with Crippen molar-refractivity contribution in [1.82, 2.24) is 4.98 Å². The fourth-order valence-corrected chi connectivity index (χ4v) is 3.45. The molecule has 1 aromatic heterocycles. The van der Waals surface area contributed by atoms with E-state index in [0.29, 0.717) is 28.0 Å². The standard InChI is InChI=1S/C26H21F3N2O4/c27-26(28,29)18-6-1-5-17(12-18)23-11-10-16-4-2-9-22(24(16)31-23)25(34)30-19-7-3-8-21(13-19)35-15-20(33)14-32/h1-13,20,32-33H,14-15H2,(H,30,34). The van der Waals surface area contributed by atoms with Crippen LogP contribution in [-0.4, -0.2) is 40.4 Å². The molecule has 4 aromatic rings. The summed E-state index contributed by atoms with van der Waals surface area (Å²) >= 11 is 0. The van der Waals surface area contributed by atoms with E-state index < -0.39 is 30.4 Å². The maximum absolute atomic E-state index is 13.1. The van der Waals surface area contributed by atoms with E-state index in [4.69, 9.17) is 9.84 Å². The Hall–Kier alpha value is -3.95. The summed E-state index contributed by atoms with van der Waals surface area (Å²) in [6.07, 6.45) is -5.51. The van der Waals surface area contributed by atoms with Crippen LogP contribution in [0.5, 0.6) is 5.75 Å². The largest absolute Gasteiger partial charge is 0.491 e. The van der Waals surface area contributed by atoms with Gasteiger partial charge in [-0.05, 0) is 36.4 Å². The molecule has 0 spiro atoms. The number of anilines is 1. The van der Waals surface area contributed by atoms with Crippen molar-refractivity contribution in [3.63, 3.8) is 0 Å². The number of rotatable bonds is 7. The molecule has 6 nitrogen and oxygen atoms in total. The monoisotopic (exact) mass is 482 g/mol. The van der Waals surface area contributed by atoms with Crippen LogP contribution in [0.2, 0.25) is 0 Å². The van der Waals surface area contributed by atoms with Gasteiger partial charge in [-0.3, -0.25) is 4.79 Å². The Morgan fingerprint density at radius 3 is 2.54 bits per heavy atom. The zero-order valence-electron chi connectivity index (χ0n) is 18.3. The van der Waals surface area contributed by atoms with Gasteiger partial charge in [-0.2, -0.15) is 13.2 Å². The molecule has 1 amide bonds. The summed E-state index contributed by atoms with van der Waals surface area (Å²) in [5.74, 6) is -0.0741. The van der Waals surface area contributed by atoms with Crippen LogP contribution < -0.4 is 10.1 Å². The maximum atomic E-state index is 13.1. The molecule has 0 saturated carbocycles. The highest BCUT2D eigenvalue weighted by Crippen LogP contribution is 2.32. The van der Waals surface area contributed by atoms with Crippen LogP contribution in [0.15, 0.2) is 78.9 Å². The first-order valence-corrected chi connectivity index (χ1v) is 10.6.